The van der Waals surface area contributed by atoms with Gasteiger partial charge in [0.25, 0.3) is 5.91 Å². The number of hydrogen-bond acceptors (Lipinski definition) is 4. The van der Waals surface area contributed by atoms with Crippen LogP contribution < -0.4 is 14.8 Å². The number of carboxylic acids is 1. The molecule has 0 radical (unpaired) electrons. The highest BCUT2D eigenvalue weighted by Crippen LogP contribution is 2.35. The molecule has 0 spiro atoms. The Bertz CT molecular complexity index is 577. The fraction of sp³-hybridized carbons (Fsp3) is 0.500. The first kappa shape index (κ1) is 19.3. The second kappa shape index (κ2) is 7.68. The predicted molar refractivity (Wildman–Crippen MR) is 90.2 cm³/mol. The van der Waals surface area contributed by atoms with Crippen molar-refractivity contribution in [3.8, 4) is 11.5 Å². The van der Waals surface area contributed by atoms with Gasteiger partial charge in [-0.1, -0.05) is 13.8 Å². The minimum atomic E-state index is -0.965. The Balaban J connectivity index is 3.16. The third-order valence-corrected chi connectivity index (χ3v) is 4.68. The van der Waals surface area contributed by atoms with Gasteiger partial charge >= 0.3 is 5.97 Å². The molecule has 0 fully saturated rings. The molecular weight excluding hydrogens is 366 g/mol. The van der Waals surface area contributed by atoms with Gasteiger partial charge in [-0.3, -0.25) is 9.59 Å². The fourth-order valence-electron chi connectivity index (χ4n) is 2.04. The van der Waals surface area contributed by atoms with Gasteiger partial charge in [0.2, 0.25) is 0 Å². The second-order valence-electron chi connectivity index (χ2n) is 5.79. The zero-order valence-corrected chi connectivity index (χ0v) is 15.5. The van der Waals surface area contributed by atoms with Crippen LogP contribution in [0.2, 0.25) is 0 Å². The number of methoxy groups -OCH3 is 2. The van der Waals surface area contributed by atoms with E-state index in [4.69, 9.17) is 14.6 Å². The van der Waals surface area contributed by atoms with Crippen molar-refractivity contribution >= 4 is 27.8 Å². The first-order valence-corrected chi connectivity index (χ1v) is 7.89. The number of nitrogens with one attached hydrogen (secondary N) is 1. The van der Waals surface area contributed by atoms with Gasteiger partial charge in [-0.25, -0.2) is 0 Å². The van der Waals surface area contributed by atoms with E-state index in [2.05, 4.69) is 21.2 Å². The molecular formula is C16H22BrNO5. The van der Waals surface area contributed by atoms with Crippen LogP contribution in [0.3, 0.4) is 0 Å². The van der Waals surface area contributed by atoms with Gasteiger partial charge < -0.3 is 19.9 Å². The molecule has 1 atom stereocenters. The van der Waals surface area contributed by atoms with Crippen molar-refractivity contribution in [1.29, 1.82) is 0 Å². The summed E-state index contributed by atoms with van der Waals surface area (Å²) in [6.45, 7) is 5.45. The largest absolute Gasteiger partial charge is 0.495 e. The van der Waals surface area contributed by atoms with Crippen LogP contribution in [0.4, 0.5) is 0 Å². The maximum absolute atomic E-state index is 12.6. The van der Waals surface area contributed by atoms with Crippen LogP contribution in [0.25, 0.3) is 0 Å². The number of carbonyl (C=O) groups is 2. The zero-order chi connectivity index (χ0) is 17.8. The van der Waals surface area contributed by atoms with Crippen molar-refractivity contribution in [2.24, 2.45) is 5.92 Å². The summed E-state index contributed by atoms with van der Waals surface area (Å²) >= 11 is 3.34. The summed E-state index contributed by atoms with van der Waals surface area (Å²) in [5.74, 6) is -0.487. The van der Waals surface area contributed by atoms with Gasteiger partial charge in [-0.15, -0.1) is 0 Å². The second-order valence-corrected chi connectivity index (χ2v) is 6.58. The van der Waals surface area contributed by atoms with E-state index in [-0.39, 0.29) is 18.2 Å². The summed E-state index contributed by atoms with van der Waals surface area (Å²) < 4.78 is 11.0. The third kappa shape index (κ3) is 4.60. The number of aliphatic carboxylic acids is 1. The zero-order valence-electron chi connectivity index (χ0n) is 13.9. The number of carboxylic acid groups (broad SMARTS) is 1. The molecule has 0 bridgehead atoms. The number of benzene rings is 1. The number of hydrogen-bond donors (Lipinski definition) is 2. The summed E-state index contributed by atoms with van der Waals surface area (Å²) in [6.07, 6.45) is -0.165. The number of ether oxygens (including phenoxy) is 2. The Morgan fingerprint density at radius 1 is 1.26 bits per heavy atom. The van der Waals surface area contributed by atoms with Crippen molar-refractivity contribution in [3.05, 3.63) is 22.2 Å². The van der Waals surface area contributed by atoms with Gasteiger partial charge in [-0.2, -0.15) is 0 Å². The van der Waals surface area contributed by atoms with E-state index in [1.807, 2.05) is 13.8 Å². The van der Waals surface area contributed by atoms with E-state index in [1.54, 1.807) is 19.1 Å². The molecule has 2 N–H and O–H groups in total. The van der Waals surface area contributed by atoms with Crippen LogP contribution in [0.15, 0.2) is 16.6 Å². The lowest BCUT2D eigenvalue weighted by Gasteiger charge is -2.33. The SMILES string of the molecule is COc1cc(C(=O)NC(C)(CC(=O)O)C(C)C)cc(OC)c1Br. The molecule has 0 heterocycles. The van der Waals surface area contributed by atoms with Crippen molar-refractivity contribution in [2.75, 3.05) is 14.2 Å². The molecule has 128 valence electrons. The standard InChI is InChI=1S/C16H22BrNO5/c1-9(2)16(3,8-13(19)20)18-15(21)10-6-11(22-4)14(17)12(7-10)23-5/h6-7,9H,8H2,1-5H3,(H,18,21)(H,19,20). The minimum absolute atomic E-state index is 0.0539. The number of rotatable bonds is 7. The van der Waals surface area contributed by atoms with E-state index in [1.165, 1.54) is 14.2 Å². The molecule has 23 heavy (non-hydrogen) atoms. The van der Waals surface area contributed by atoms with E-state index in [9.17, 15) is 9.59 Å². The number of carbonyl (C=O) groups excluding carboxylic acids is 1. The molecule has 6 nitrogen and oxygen atoms in total. The molecule has 0 aliphatic carbocycles. The average molecular weight is 388 g/mol. The molecule has 7 heteroatoms. The van der Waals surface area contributed by atoms with E-state index in [0.717, 1.165) is 0 Å². The van der Waals surface area contributed by atoms with Gasteiger partial charge in [0.15, 0.2) is 0 Å². The summed E-state index contributed by atoms with van der Waals surface area (Å²) in [4.78, 5) is 23.6. The molecule has 0 aromatic heterocycles. The van der Waals surface area contributed by atoms with Gasteiger partial charge in [0, 0.05) is 5.56 Å². The molecule has 1 aromatic rings. The molecule has 1 unspecified atom stereocenters. The molecule has 1 amide bonds. The molecule has 1 rings (SSSR count). The van der Waals surface area contributed by atoms with Crippen LogP contribution in [0, 0.1) is 5.92 Å². The Labute approximate surface area is 144 Å². The summed E-state index contributed by atoms with van der Waals surface area (Å²) in [7, 11) is 2.98. The van der Waals surface area contributed by atoms with Crippen molar-refractivity contribution in [1.82, 2.24) is 5.32 Å². The summed E-state index contributed by atoms with van der Waals surface area (Å²) in [5, 5.41) is 11.9. The number of amides is 1. The van der Waals surface area contributed by atoms with Crippen LogP contribution >= 0.6 is 15.9 Å². The Hall–Kier alpha value is -1.76. The number of halogens is 1. The Morgan fingerprint density at radius 2 is 1.74 bits per heavy atom. The fourth-order valence-corrected chi connectivity index (χ4v) is 2.59. The maximum Gasteiger partial charge on any atom is 0.305 e. The molecule has 0 saturated heterocycles. The van der Waals surface area contributed by atoms with E-state index in [0.29, 0.717) is 21.5 Å². The first-order valence-electron chi connectivity index (χ1n) is 7.10. The quantitative estimate of drug-likeness (QED) is 0.750. The topological polar surface area (TPSA) is 84.9 Å². The summed E-state index contributed by atoms with van der Waals surface area (Å²) in [6, 6.07) is 3.15. The highest BCUT2D eigenvalue weighted by atomic mass is 79.9. The minimum Gasteiger partial charge on any atom is -0.495 e. The van der Waals surface area contributed by atoms with Crippen LogP contribution in [0.5, 0.6) is 11.5 Å². The lowest BCUT2D eigenvalue weighted by atomic mass is 9.85. The van der Waals surface area contributed by atoms with Gasteiger partial charge in [0.05, 0.1) is 26.2 Å². The third-order valence-electron chi connectivity index (χ3n) is 3.90. The molecule has 0 aliphatic heterocycles. The van der Waals surface area contributed by atoms with E-state index < -0.39 is 11.5 Å². The van der Waals surface area contributed by atoms with Crippen LogP contribution in [-0.4, -0.2) is 36.7 Å². The van der Waals surface area contributed by atoms with Crippen molar-refractivity contribution < 1.29 is 24.2 Å². The lowest BCUT2D eigenvalue weighted by molar-refractivity contribution is -0.138. The average Bonchev–Trinajstić information content (AvgIpc) is 2.46. The van der Waals surface area contributed by atoms with Crippen molar-refractivity contribution in [3.63, 3.8) is 0 Å². The Morgan fingerprint density at radius 3 is 2.09 bits per heavy atom. The smallest absolute Gasteiger partial charge is 0.305 e. The van der Waals surface area contributed by atoms with Crippen LogP contribution in [0.1, 0.15) is 37.6 Å². The van der Waals surface area contributed by atoms with Gasteiger partial charge in [-0.05, 0) is 40.9 Å². The normalized spacial score (nSPS) is 13.3. The van der Waals surface area contributed by atoms with Gasteiger partial charge in [0.1, 0.15) is 16.0 Å². The van der Waals surface area contributed by atoms with E-state index >= 15 is 0 Å². The molecule has 1 aromatic carbocycles. The Kier molecular flexibility index (Phi) is 6.44. The monoisotopic (exact) mass is 387 g/mol. The molecule has 0 saturated carbocycles. The van der Waals surface area contributed by atoms with Crippen LogP contribution in [-0.2, 0) is 4.79 Å². The first-order chi connectivity index (χ1) is 10.6. The highest BCUT2D eigenvalue weighted by molar-refractivity contribution is 9.10. The molecule has 0 aliphatic rings. The highest BCUT2D eigenvalue weighted by Gasteiger charge is 2.33. The maximum atomic E-state index is 12.6. The predicted octanol–water partition coefficient (Wildman–Crippen LogP) is 3.09. The van der Waals surface area contributed by atoms with Crippen molar-refractivity contribution in [2.45, 2.75) is 32.7 Å². The summed E-state index contributed by atoms with van der Waals surface area (Å²) in [5.41, 5.74) is -0.532. The lowest BCUT2D eigenvalue weighted by Crippen LogP contribution is -2.51.